The lowest BCUT2D eigenvalue weighted by Gasteiger charge is -2.18. The molecule has 6 nitrogen and oxygen atoms in total. The molecule has 27 heavy (non-hydrogen) atoms. The topological polar surface area (TPSA) is 66.0 Å². The number of amides is 1. The van der Waals surface area contributed by atoms with E-state index in [1.165, 1.54) is 0 Å². The van der Waals surface area contributed by atoms with E-state index in [9.17, 15) is 4.79 Å². The molecule has 0 radical (unpaired) electrons. The minimum absolute atomic E-state index is 0.0225. The van der Waals surface area contributed by atoms with Gasteiger partial charge in [0.2, 0.25) is 5.91 Å². The van der Waals surface area contributed by atoms with E-state index in [4.69, 9.17) is 18.9 Å². The minimum Gasteiger partial charge on any atom is -0.497 e. The van der Waals surface area contributed by atoms with Gasteiger partial charge in [0.25, 0.3) is 0 Å². The van der Waals surface area contributed by atoms with Crippen LogP contribution in [-0.2, 0) is 17.6 Å². The van der Waals surface area contributed by atoms with Gasteiger partial charge in [-0.1, -0.05) is 6.07 Å². The van der Waals surface area contributed by atoms with Crippen molar-refractivity contribution in [3.8, 4) is 23.0 Å². The summed E-state index contributed by atoms with van der Waals surface area (Å²) >= 11 is 0. The second-order valence-electron chi connectivity index (χ2n) is 6.30. The average Bonchev–Trinajstić information content (AvgIpc) is 2.71. The standard InChI is InChI=1S/C21H25NO5/c1-24-17-11-16(12-18(14-17)25-2)4-6-21(23)22-8-7-15-3-5-19-20(13-15)27-10-9-26-19/h3,5,11-14H,4,6-10H2,1-2H3,(H,22,23). The number of rotatable bonds is 8. The molecule has 1 aliphatic heterocycles. The summed E-state index contributed by atoms with van der Waals surface area (Å²) in [6.07, 6.45) is 1.79. The number of ether oxygens (including phenoxy) is 4. The number of benzene rings is 2. The fraction of sp³-hybridized carbons (Fsp3) is 0.381. The minimum atomic E-state index is 0.0225. The van der Waals surface area contributed by atoms with Crippen LogP contribution in [0.2, 0.25) is 0 Å². The predicted octanol–water partition coefficient (Wildman–Crippen LogP) is 2.77. The molecule has 144 valence electrons. The third kappa shape index (κ3) is 5.29. The molecule has 1 aliphatic rings. The molecule has 0 atom stereocenters. The molecule has 0 fully saturated rings. The summed E-state index contributed by atoms with van der Waals surface area (Å²) in [7, 11) is 3.23. The summed E-state index contributed by atoms with van der Waals surface area (Å²) in [5.41, 5.74) is 2.12. The zero-order valence-electron chi connectivity index (χ0n) is 15.7. The first-order valence-corrected chi connectivity index (χ1v) is 9.05. The van der Waals surface area contributed by atoms with E-state index in [0.717, 1.165) is 40.5 Å². The summed E-state index contributed by atoms with van der Waals surface area (Å²) in [6.45, 7) is 1.74. The lowest BCUT2D eigenvalue weighted by atomic mass is 10.1. The number of hydrogen-bond donors (Lipinski definition) is 1. The molecule has 2 aromatic rings. The van der Waals surface area contributed by atoms with Crippen molar-refractivity contribution in [1.29, 1.82) is 0 Å². The Hall–Kier alpha value is -2.89. The molecule has 1 N–H and O–H groups in total. The Morgan fingerprint density at radius 1 is 0.926 bits per heavy atom. The van der Waals surface area contributed by atoms with Crippen molar-refractivity contribution in [2.24, 2.45) is 0 Å². The molecule has 3 rings (SSSR count). The van der Waals surface area contributed by atoms with Crippen LogP contribution in [0, 0.1) is 0 Å². The molecule has 0 saturated heterocycles. The largest absolute Gasteiger partial charge is 0.497 e. The quantitative estimate of drug-likeness (QED) is 0.773. The van der Waals surface area contributed by atoms with Crippen LogP contribution in [0.1, 0.15) is 17.5 Å². The third-order valence-electron chi connectivity index (χ3n) is 4.39. The van der Waals surface area contributed by atoms with Gasteiger partial charge in [-0.3, -0.25) is 4.79 Å². The zero-order chi connectivity index (χ0) is 19.1. The fourth-order valence-electron chi connectivity index (χ4n) is 2.95. The van der Waals surface area contributed by atoms with E-state index in [-0.39, 0.29) is 5.91 Å². The first kappa shape index (κ1) is 18.9. The van der Waals surface area contributed by atoms with Gasteiger partial charge < -0.3 is 24.3 Å². The van der Waals surface area contributed by atoms with Gasteiger partial charge in [0.05, 0.1) is 14.2 Å². The Morgan fingerprint density at radius 3 is 2.33 bits per heavy atom. The van der Waals surface area contributed by atoms with Gasteiger partial charge >= 0.3 is 0 Å². The smallest absolute Gasteiger partial charge is 0.220 e. The number of aryl methyl sites for hydroxylation is 1. The number of fused-ring (bicyclic) bond motifs is 1. The molecule has 2 aromatic carbocycles. The Morgan fingerprint density at radius 2 is 1.63 bits per heavy atom. The molecule has 1 heterocycles. The van der Waals surface area contributed by atoms with E-state index in [2.05, 4.69) is 5.32 Å². The summed E-state index contributed by atoms with van der Waals surface area (Å²) in [4.78, 5) is 12.1. The lowest BCUT2D eigenvalue weighted by molar-refractivity contribution is -0.121. The van der Waals surface area contributed by atoms with Crippen LogP contribution in [0.25, 0.3) is 0 Å². The maximum Gasteiger partial charge on any atom is 0.220 e. The summed E-state index contributed by atoms with van der Waals surface area (Å²) in [5, 5.41) is 2.97. The van der Waals surface area contributed by atoms with Crippen LogP contribution in [0.15, 0.2) is 36.4 Å². The highest BCUT2D eigenvalue weighted by atomic mass is 16.6. The molecule has 0 unspecified atom stereocenters. The van der Waals surface area contributed by atoms with Gasteiger partial charge in [-0.05, 0) is 48.2 Å². The Balaban J connectivity index is 1.45. The molecule has 0 aliphatic carbocycles. The number of carbonyl (C=O) groups excluding carboxylic acids is 1. The van der Waals surface area contributed by atoms with Crippen LogP contribution in [0.4, 0.5) is 0 Å². The highest BCUT2D eigenvalue weighted by molar-refractivity contribution is 5.76. The van der Waals surface area contributed by atoms with Gasteiger partial charge in [0, 0.05) is 19.0 Å². The number of methoxy groups -OCH3 is 2. The van der Waals surface area contributed by atoms with Crippen molar-refractivity contribution in [1.82, 2.24) is 5.32 Å². The fourth-order valence-corrected chi connectivity index (χ4v) is 2.95. The highest BCUT2D eigenvalue weighted by Gasteiger charge is 2.12. The molecule has 0 aromatic heterocycles. The molecule has 1 amide bonds. The molecular weight excluding hydrogens is 346 g/mol. The molecule has 0 spiro atoms. The van der Waals surface area contributed by atoms with E-state index < -0.39 is 0 Å². The van der Waals surface area contributed by atoms with Crippen LogP contribution < -0.4 is 24.3 Å². The predicted molar refractivity (Wildman–Crippen MR) is 102 cm³/mol. The summed E-state index contributed by atoms with van der Waals surface area (Å²) in [5.74, 6) is 3.03. The maximum atomic E-state index is 12.1. The first-order valence-electron chi connectivity index (χ1n) is 9.05. The van der Waals surface area contributed by atoms with E-state index >= 15 is 0 Å². The normalized spacial score (nSPS) is 12.4. The van der Waals surface area contributed by atoms with Crippen molar-refractivity contribution in [2.45, 2.75) is 19.3 Å². The SMILES string of the molecule is COc1cc(CCC(=O)NCCc2ccc3c(c2)OCCO3)cc(OC)c1. The van der Waals surface area contributed by atoms with Crippen molar-refractivity contribution in [3.05, 3.63) is 47.5 Å². The Kier molecular flexibility index (Phi) is 6.41. The highest BCUT2D eigenvalue weighted by Crippen LogP contribution is 2.30. The number of hydrogen-bond acceptors (Lipinski definition) is 5. The van der Waals surface area contributed by atoms with Gasteiger partial charge in [0.15, 0.2) is 11.5 Å². The van der Waals surface area contributed by atoms with Crippen molar-refractivity contribution < 1.29 is 23.7 Å². The number of carbonyl (C=O) groups is 1. The van der Waals surface area contributed by atoms with E-state index in [0.29, 0.717) is 32.6 Å². The lowest BCUT2D eigenvalue weighted by Crippen LogP contribution is -2.26. The molecule has 0 saturated carbocycles. The third-order valence-corrected chi connectivity index (χ3v) is 4.39. The average molecular weight is 371 g/mol. The van der Waals surface area contributed by atoms with Gasteiger partial charge in [0.1, 0.15) is 24.7 Å². The Labute approximate surface area is 159 Å². The molecule has 6 heteroatoms. The van der Waals surface area contributed by atoms with Gasteiger partial charge in [-0.25, -0.2) is 0 Å². The maximum absolute atomic E-state index is 12.1. The summed E-state index contributed by atoms with van der Waals surface area (Å²) in [6, 6.07) is 11.6. The first-order chi connectivity index (χ1) is 13.2. The van der Waals surface area contributed by atoms with Gasteiger partial charge in [-0.2, -0.15) is 0 Å². The summed E-state index contributed by atoms with van der Waals surface area (Å²) < 4.78 is 21.6. The Bertz CT molecular complexity index is 768. The van der Waals surface area contributed by atoms with Crippen molar-refractivity contribution in [2.75, 3.05) is 34.0 Å². The van der Waals surface area contributed by atoms with E-state index in [1.807, 2.05) is 36.4 Å². The second kappa shape index (κ2) is 9.16. The molecule has 0 bridgehead atoms. The number of nitrogens with one attached hydrogen (secondary N) is 1. The van der Waals surface area contributed by atoms with Crippen LogP contribution >= 0.6 is 0 Å². The van der Waals surface area contributed by atoms with Crippen molar-refractivity contribution in [3.63, 3.8) is 0 Å². The van der Waals surface area contributed by atoms with Crippen LogP contribution in [-0.4, -0.2) is 39.9 Å². The van der Waals surface area contributed by atoms with Crippen LogP contribution in [0.3, 0.4) is 0 Å². The van der Waals surface area contributed by atoms with Gasteiger partial charge in [-0.15, -0.1) is 0 Å². The van der Waals surface area contributed by atoms with Crippen LogP contribution in [0.5, 0.6) is 23.0 Å². The zero-order valence-corrected chi connectivity index (χ0v) is 15.7. The van der Waals surface area contributed by atoms with Crippen molar-refractivity contribution >= 4 is 5.91 Å². The monoisotopic (exact) mass is 371 g/mol. The second-order valence-corrected chi connectivity index (χ2v) is 6.30. The van der Waals surface area contributed by atoms with E-state index in [1.54, 1.807) is 14.2 Å². The molecular formula is C21H25NO5.